The van der Waals surface area contributed by atoms with Gasteiger partial charge in [0.05, 0.1) is 17.9 Å². The first-order chi connectivity index (χ1) is 14.4. The van der Waals surface area contributed by atoms with Crippen LogP contribution in [0.4, 0.5) is 0 Å². The number of nitrogens with zero attached hydrogens (tertiary/aromatic N) is 1. The summed E-state index contributed by atoms with van der Waals surface area (Å²) in [6, 6.07) is 4.84. The molecule has 0 bridgehead atoms. The van der Waals surface area contributed by atoms with Gasteiger partial charge in [-0.2, -0.15) is 0 Å². The number of carbonyl (C=O) groups is 2. The van der Waals surface area contributed by atoms with Gasteiger partial charge >= 0.3 is 5.97 Å². The van der Waals surface area contributed by atoms with Gasteiger partial charge in [0.25, 0.3) is 5.91 Å². The van der Waals surface area contributed by atoms with Crippen LogP contribution in [0.2, 0.25) is 0 Å². The second kappa shape index (κ2) is 7.60. The lowest BCUT2D eigenvalue weighted by molar-refractivity contribution is 0.0691. The molecule has 4 rings (SSSR count). The molecule has 1 aromatic heterocycles. The zero-order valence-electron chi connectivity index (χ0n) is 16.8. The molecule has 30 heavy (non-hydrogen) atoms. The number of carbonyl (C=O) groups excluding carboxylic acids is 1. The van der Waals surface area contributed by atoms with Crippen molar-refractivity contribution in [3.8, 4) is 17.0 Å². The summed E-state index contributed by atoms with van der Waals surface area (Å²) in [5, 5.41) is 9.40. The maximum absolute atomic E-state index is 12.4. The molecule has 0 radical (unpaired) electrons. The van der Waals surface area contributed by atoms with E-state index in [0.717, 1.165) is 24.8 Å². The number of carboxylic acid groups (broad SMARTS) is 1. The first kappa shape index (κ1) is 20.2. The fourth-order valence-corrected chi connectivity index (χ4v) is 4.44. The van der Waals surface area contributed by atoms with Crippen LogP contribution < -0.4 is 15.9 Å². The van der Waals surface area contributed by atoms with Gasteiger partial charge in [-0.1, -0.05) is 0 Å². The van der Waals surface area contributed by atoms with Gasteiger partial charge in [-0.05, 0) is 43.4 Å². The van der Waals surface area contributed by atoms with Crippen LogP contribution in [0.5, 0.6) is 5.75 Å². The molecule has 0 atom stereocenters. The lowest BCUT2D eigenvalue weighted by Crippen LogP contribution is -2.46. The number of methoxy groups -OCH3 is 1. The second-order valence-electron chi connectivity index (χ2n) is 7.93. The van der Waals surface area contributed by atoms with Gasteiger partial charge < -0.3 is 24.9 Å². The van der Waals surface area contributed by atoms with Gasteiger partial charge in [0.15, 0.2) is 5.43 Å². The van der Waals surface area contributed by atoms with Gasteiger partial charge in [0.2, 0.25) is 0 Å². The van der Waals surface area contributed by atoms with E-state index in [4.69, 9.17) is 15.2 Å². The number of pyridine rings is 1. The van der Waals surface area contributed by atoms with E-state index in [1.54, 1.807) is 13.2 Å². The SMILES string of the molecule is COCCCOc1cc2c(cc1C(N)=O)-c1cc(=O)c(C(=O)O)cn1C1(CCC1)C2. The third-order valence-corrected chi connectivity index (χ3v) is 6.09. The number of fused-ring (bicyclic) bond motifs is 4. The number of carboxylic acids is 1. The molecule has 8 heteroatoms. The average molecular weight is 412 g/mol. The van der Waals surface area contributed by atoms with Crippen LogP contribution in [0.3, 0.4) is 0 Å². The molecule has 0 unspecified atom stereocenters. The first-order valence-corrected chi connectivity index (χ1v) is 9.95. The highest BCUT2D eigenvalue weighted by Gasteiger charge is 2.43. The molecule has 2 aliphatic rings. The van der Waals surface area contributed by atoms with Gasteiger partial charge in [0.1, 0.15) is 11.3 Å². The third-order valence-electron chi connectivity index (χ3n) is 6.09. The van der Waals surface area contributed by atoms with E-state index in [1.807, 2.05) is 10.6 Å². The van der Waals surface area contributed by atoms with Crippen molar-refractivity contribution in [2.45, 2.75) is 37.6 Å². The van der Waals surface area contributed by atoms with Crippen molar-refractivity contribution in [2.24, 2.45) is 5.73 Å². The van der Waals surface area contributed by atoms with E-state index >= 15 is 0 Å². The summed E-state index contributed by atoms with van der Waals surface area (Å²) in [6.07, 6.45) is 5.60. The predicted octanol–water partition coefficient (Wildman–Crippen LogP) is 2.16. The van der Waals surface area contributed by atoms with Crippen molar-refractivity contribution in [1.82, 2.24) is 4.57 Å². The molecule has 158 valence electrons. The lowest BCUT2D eigenvalue weighted by atomic mass is 9.69. The first-order valence-electron chi connectivity index (χ1n) is 9.95. The minimum absolute atomic E-state index is 0.233. The normalized spacial score (nSPS) is 15.8. The van der Waals surface area contributed by atoms with E-state index in [9.17, 15) is 19.5 Å². The molecule has 1 saturated carbocycles. The van der Waals surface area contributed by atoms with Crippen molar-refractivity contribution in [3.05, 3.63) is 51.3 Å². The molecular formula is C22H24N2O6. The van der Waals surface area contributed by atoms with Crippen LogP contribution in [-0.2, 0) is 16.7 Å². The van der Waals surface area contributed by atoms with Crippen molar-refractivity contribution >= 4 is 11.9 Å². The predicted molar refractivity (Wildman–Crippen MR) is 109 cm³/mol. The van der Waals surface area contributed by atoms with Crippen LogP contribution in [-0.4, -0.2) is 41.9 Å². The monoisotopic (exact) mass is 412 g/mol. The van der Waals surface area contributed by atoms with E-state index < -0.39 is 17.3 Å². The topological polar surface area (TPSA) is 121 Å². The fraction of sp³-hybridized carbons (Fsp3) is 0.409. The molecule has 2 aromatic rings. The highest BCUT2D eigenvalue weighted by molar-refractivity contribution is 5.97. The van der Waals surface area contributed by atoms with Gasteiger partial charge in [-0.15, -0.1) is 0 Å². The summed E-state index contributed by atoms with van der Waals surface area (Å²) in [4.78, 5) is 36.0. The number of hydrogen-bond acceptors (Lipinski definition) is 5. The molecule has 1 aliphatic carbocycles. The van der Waals surface area contributed by atoms with E-state index in [0.29, 0.717) is 43.1 Å². The summed E-state index contributed by atoms with van der Waals surface area (Å²) < 4.78 is 12.8. The minimum atomic E-state index is -1.24. The second-order valence-corrected chi connectivity index (χ2v) is 7.93. The molecule has 2 heterocycles. The average Bonchev–Trinajstić information content (AvgIpc) is 2.67. The maximum Gasteiger partial charge on any atom is 0.341 e. The molecule has 0 saturated heterocycles. The molecule has 1 spiro atoms. The molecule has 1 aliphatic heterocycles. The number of nitrogens with two attached hydrogens (primary N) is 1. The summed E-state index contributed by atoms with van der Waals surface area (Å²) >= 11 is 0. The van der Waals surface area contributed by atoms with Crippen LogP contribution in [0.1, 0.15) is 52.0 Å². The summed E-state index contributed by atoms with van der Waals surface area (Å²) in [5.74, 6) is -1.45. The van der Waals surface area contributed by atoms with E-state index in [-0.39, 0.29) is 16.7 Å². The van der Waals surface area contributed by atoms with E-state index in [2.05, 4.69) is 0 Å². The Morgan fingerprint density at radius 2 is 1.97 bits per heavy atom. The van der Waals surface area contributed by atoms with Gasteiger partial charge in [0, 0.05) is 43.5 Å². The number of aromatic nitrogens is 1. The Morgan fingerprint density at radius 1 is 1.20 bits per heavy atom. The number of hydrogen-bond donors (Lipinski definition) is 2. The Bertz CT molecular complexity index is 1080. The van der Waals surface area contributed by atoms with Crippen molar-refractivity contribution in [2.75, 3.05) is 20.3 Å². The molecular weight excluding hydrogens is 388 g/mol. The zero-order valence-corrected chi connectivity index (χ0v) is 16.8. The molecule has 1 fully saturated rings. The van der Waals surface area contributed by atoms with Crippen molar-refractivity contribution in [1.29, 1.82) is 0 Å². The van der Waals surface area contributed by atoms with Crippen molar-refractivity contribution in [3.63, 3.8) is 0 Å². The Morgan fingerprint density at radius 3 is 2.57 bits per heavy atom. The Hall–Kier alpha value is -3.13. The molecule has 1 amide bonds. The quantitative estimate of drug-likeness (QED) is 0.673. The standard InChI is InChI=1S/C22H24N2O6/c1-29-6-3-7-30-19-8-13-11-22(4-2-5-22)24-12-16(21(27)28)18(25)10-17(24)14(13)9-15(19)20(23)26/h8-10,12H,2-7,11H2,1H3,(H2,23,26)(H,27,28). The molecule has 8 nitrogen and oxygen atoms in total. The number of ether oxygens (including phenoxy) is 2. The zero-order chi connectivity index (χ0) is 21.5. The highest BCUT2D eigenvalue weighted by atomic mass is 16.5. The number of primary amides is 1. The molecule has 1 aromatic carbocycles. The van der Waals surface area contributed by atoms with Crippen LogP contribution in [0.15, 0.2) is 29.2 Å². The Labute approximate surface area is 173 Å². The van der Waals surface area contributed by atoms with Gasteiger partial charge in [-0.25, -0.2) is 4.79 Å². The summed E-state index contributed by atoms with van der Waals surface area (Å²) in [5.41, 5.74) is 7.04. The summed E-state index contributed by atoms with van der Waals surface area (Å²) in [7, 11) is 1.61. The summed E-state index contributed by atoms with van der Waals surface area (Å²) in [6.45, 7) is 0.929. The number of aromatic carboxylic acids is 1. The smallest absolute Gasteiger partial charge is 0.341 e. The lowest BCUT2D eigenvalue weighted by Gasteiger charge is -2.48. The number of amides is 1. The van der Waals surface area contributed by atoms with E-state index in [1.165, 1.54) is 12.3 Å². The maximum atomic E-state index is 12.4. The largest absolute Gasteiger partial charge is 0.493 e. The van der Waals surface area contributed by atoms with Crippen LogP contribution in [0.25, 0.3) is 11.3 Å². The fourth-order valence-electron chi connectivity index (χ4n) is 4.44. The molecule has 3 N–H and O–H groups in total. The van der Waals surface area contributed by atoms with Crippen LogP contribution in [0, 0.1) is 0 Å². The van der Waals surface area contributed by atoms with Gasteiger partial charge in [-0.3, -0.25) is 9.59 Å². The Kier molecular flexibility index (Phi) is 5.11. The van der Waals surface area contributed by atoms with Crippen molar-refractivity contribution < 1.29 is 24.2 Å². The van der Waals surface area contributed by atoms with Crippen LogP contribution >= 0.6 is 0 Å². The number of rotatable bonds is 7. The third kappa shape index (κ3) is 3.27. The Balaban J connectivity index is 1.85. The minimum Gasteiger partial charge on any atom is -0.493 e. The highest BCUT2D eigenvalue weighted by Crippen LogP contribution is 2.49. The number of benzene rings is 1.